The summed E-state index contributed by atoms with van der Waals surface area (Å²) < 4.78 is 18.9. The summed E-state index contributed by atoms with van der Waals surface area (Å²) >= 11 is 0. The number of nitrogens with zero attached hydrogens (tertiary/aromatic N) is 1. The average molecular weight is 258 g/mol. The second-order valence-electron chi connectivity index (χ2n) is 4.70. The lowest BCUT2D eigenvalue weighted by molar-refractivity contribution is 0.466. The Hall–Kier alpha value is -1.94. The van der Waals surface area contributed by atoms with Crippen LogP contribution in [0.4, 0.5) is 4.39 Å². The molecule has 0 aliphatic heterocycles. The zero-order valence-corrected chi connectivity index (χ0v) is 10.5. The maximum Gasteiger partial charge on any atom is 0.134 e. The highest BCUT2D eigenvalue weighted by Gasteiger charge is 2.20. The molecule has 1 fully saturated rings. The van der Waals surface area contributed by atoms with Gasteiger partial charge in [0.05, 0.1) is 0 Å². The van der Waals surface area contributed by atoms with E-state index in [0.717, 1.165) is 12.1 Å². The van der Waals surface area contributed by atoms with Gasteiger partial charge in [0.25, 0.3) is 0 Å². The number of nitrogens with one attached hydrogen (secondary N) is 1. The molecule has 1 aliphatic rings. The summed E-state index contributed by atoms with van der Waals surface area (Å²) in [7, 11) is 0. The van der Waals surface area contributed by atoms with Crippen LogP contribution in [-0.4, -0.2) is 11.0 Å². The highest BCUT2D eigenvalue weighted by Crippen LogP contribution is 2.26. The molecule has 3 nitrogen and oxygen atoms in total. The van der Waals surface area contributed by atoms with Crippen molar-refractivity contribution in [2.45, 2.75) is 25.4 Å². The van der Waals surface area contributed by atoms with E-state index in [1.165, 1.54) is 25.0 Å². The number of halogens is 1. The van der Waals surface area contributed by atoms with E-state index in [-0.39, 0.29) is 5.82 Å². The van der Waals surface area contributed by atoms with Crippen LogP contribution in [0.2, 0.25) is 0 Å². The van der Waals surface area contributed by atoms with Crippen LogP contribution in [0.1, 0.15) is 18.4 Å². The Balaban J connectivity index is 1.75. The molecular formula is C15H15FN2O. The third-order valence-corrected chi connectivity index (χ3v) is 3.04. The van der Waals surface area contributed by atoms with Gasteiger partial charge in [-0.05, 0) is 31.0 Å². The normalized spacial score (nSPS) is 14.4. The number of pyridine rings is 1. The molecule has 0 spiro atoms. The molecule has 1 N–H and O–H groups in total. The van der Waals surface area contributed by atoms with Crippen LogP contribution in [0.25, 0.3) is 0 Å². The first-order valence-corrected chi connectivity index (χ1v) is 6.41. The van der Waals surface area contributed by atoms with Gasteiger partial charge in [-0.25, -0.2) is 4.39 Å². The molecule has 98 valence electrons. The van der Waals surface area contributed by atoms with E-state index < -0.39 is 0 Å². The molecule has 1 saturated carbocycles. The summed E-state index contributed by atoms with van der Waals surface area (Å²) in [4.78, 5) is 4.11. The lowest BCUT2D eigenvalue weighted by Crippen LogP contribution is -2.15. The Bertz CT molecular complexity index is 570. The van der Waals surface area contributed by atoms with Crippen molar-refractivity contribution in [3.8, 4) is 11.5 Å². The van der Waals surface area contributed by atoms with Gasteiger partial charge in [-0.1, -0.05) is 6.07 Å². The van der Waals surface area contributed by atoms with Crippen molar-refractivity contribution in [2.24, 2.45) is 0 Å². The number of benzene rings is 1. The molecule has 0 atom stereocenters. The molecule has 1 heterocycles. The van der Waals surface area contributed by atoms with Gasteiger partial charge in [-0.15, -0.1) is 0 Å². The van der Waals surface area contributed by atoms with E-state index in [9.17, 15) is 4.39 Å². The number of hydrogen-bond donors (Lipinski definition) is 1. The highest BCUT2D eigenvalue weighted by atomic mass is 19.1. The lowest BCUT2D eigenvalue weighted by atomic mass is 10.2. The Kier molecular flexibility index (Phi) is 3.42. The van der Waals surface area contributed by atoms with E-state index in [2.05, 4.69) is 10.3 Å². The van der Waals surface area contributed by atoms with Crippen molar-refractivity contribution < 1.29 is 9.13 Å². The minimum atomic E-state index is -0.302. The van der Waals surface area contributed by atoms with Crippen molar-refractivity contribution in [3.63, 3.8) is 0 Å². The predicted octanol–water partition coefficient (Wildman–Crippen LogP) is 3.27. The largest absolute Gasteiger partial charge is 0.457 e. The molecule has 1 aliphatic carbocycles. The van der Waals surface area contributed by atoms with Gasteiger partial charge in [0.1, 0.15) is 17.3 Å². The van der Waals surface area contributed by atoms with Crippen molar-refractivity contribution >= 4 is 0 Å². The van der Waals surface area contributed by atoms with Crippen LogP contribution < -0.4 is 10.1 Å². The van der Waals surface area contributed by atoms with Gasteiger partial charge >= 0.3 is 0 Å². The molecule has 0 unspecified atom stereocenters. The maximum absolute atomic E-state index is 13.1. The molecule has 4 heteroatoms. The maximum atomic E-state index is 13.1. The Morgan fingerprint density at radius 3 is 3.00 bits per heavy atom. The summed E-state index contributed by atoms with van der Waals surface area (Å²) in [5, 5.41) is 3.42. The Morgan fingerprint density at radius 2 is 2.21 bits per heavy atom. The molecule has 19 heavy (non-hydrogen) atoms. The molecule has 1 aromatic heterocycles. The summed E-state index contributed by atoms with van der Waals surface area (Å²) in [5.41, 5.74) is 0.985. The minimum Gasteiger partial charge on any atom is -0.457 e. The monoisotopic (exact) mass is 258 g/mol. The Labute approximate surface area is 111 Å². The van der Waals surface area contributed by atoms with Crippen LogP contribution in [0.3, 0.4) is 0 Å². The summed E-state index contributed by atoms with van der Waals surface area (Å²) in [6.07, 6.45) is 5.93. The molecule has 0 amide bonds. The smallest absolute Gasteiger partial charge is 0.134 e. The summed E-state index contributed by atoms with van der Waals surface area (Å²) in [5.74, 6) is 0.914. The summed E-state index contributed by atoms with van der Waals surface area (Å²) in [6, 6.07) is 8.57. The third-order valence-electron chi connectivity index (χ3n) is 3.04. The van der Waals surface area contributed by atoms with Gasteiger partial charge in [0.2, 0.25) is 0 Å². The number of hydrogen-bond acceptors (Lipinski definition) is 3. The van der Waals surface area contributed by atoms with Crippen molar-refractivity contribution in [1.29, 1.82) is 0 Å². The molecule has 0 radical (unpaired) electrons. The second kappa shape index (κ2) is 5.36. The molecule has 0 saturated heterocycles. The first-order valence-electron chi connectivity index (χ1n) is 6.41. The topological polar surface area (TPSA) is 34.1 Å². The van der Waals surface area contributed by atoms with Gasteiger partial charge < -0.3 is 10.1 Å². The predicted molar refractivity (Wildman–Crippen MR) is 70.6 cm³/mol. The quantitative estimate of drug-likeness (QED) is 0.893. The van der Waals surface area contributed by atoms with Crippen LogP contribution >= 0.6 is 0 Å². The lowest BCUT2D eigenvalue weighted by Gasteiger charge is -2.11. The zero-order valence-electron chi connectivity index (χ0n) is 10.5. The SMILES string of the molecule is Fc1cccc(Oc2ccncc2CNC2CC2)c1. The molecule has 3 rings (SSSR count). The third kappa shape index (κ3) is 3.29. The average Bonchev–Trinajstić information content (AvgIpc) is 3.22. The van der Waals surface area contributed by atoms with Gasteiger partial charge in [-0.2, -0.15) is 0 Å². The highest BCUT2D eigenvalue weighted by molar-refractivity contribution is 5.35. The fraction of sp³-hybridized carbons (Fsp3) is 0.267. The first kappa shape index (κ1) is 12.1. The van der Waals surface area contributed by atoms with E-state index in [1.54, 1.807) is 30.6 Å². The van der Waals surface area contributed by atoms with Crippen molar-refractivity contribution in [3.05, 3.63) is 54.1 Å². The molecular weight excluding hydrogens is 243 g/mol. The fourth-order valence-electron chi connectivity index (χ4n) is 1.85. The number of ether oxygens (including phenoxy) is 1. The van der Waals surface area contributed by atoms with E-state index in [1.807, 2.05) is 0 Å². The standard InChI is InChI=1S/C15H15FN2O/c16-12-2-1-3-14(8-12)19-15-6-7-17-9-11(15)10-18-13-4-5-13/h1-3,6-9,13,18H,4-5,10H2. The molecule has 0 bridgehead atoms. The van der Waals surface area contributed by atoms with E-state index in [4.69, 9.17) is 4.74 Å². The van der Waals surface area contributed by atoms with Gasteiger partial charge in [0.15, 0.2) is 0 Å². The van der Waals surface area contributed by atoms with Crippen LogP contribution in [0.15, 0.2) is 42.7 Å². The van der Waals surface area contributed by atoms with Crippen molar-refractivity contribution in [1.82, 2.24) is 10.3 Å². The molecule has 2 aromatic rings. The van der Waals surface area contributed by atoms with E-state index >= 15 is 0 Å². The van der Waals surface area contributed by atoms with Crippen LogP contribution in [0.5, 0.6) is 11.5 Å². The zero-order chi connectivity index (χ0) is 13.1. The second-order valence-corrected chi connectivity index (χ2v) is 4.70. The summed E-state index contributed by atoms with van der Waals surface area (Å²) in [6.45, 7) is 0.725. The van der Waals surface area contributed by atoms with Crippen molar-refractivity contribution in [2.75, 3.05) is 0 Å². The first-order chi connectivity index (χ1) is 9.31. The van der Waals surface area contributed by atoms with Gasteiger partial charge in [0, 0.05) is 36.6 Å². The fourth-order valence-corrected chi connectivity index (χ4v) is 1.85. The van der Waals surface area contributed by atoms with Crippen LogP contribution in [0, 0.1) is 5.82 Å². The minimum absolute atomic E-state index is 0.302. The van der Waals surface area contributed by atoms with Crippen LogP contribution in [-0.2, 0) is 6.54 Å². The van der Waals surface area contributed by atoms with Gasteiger partial charge in [-0.3, -0.25) is 4.98 Å². The Morgan fingerprint density at radius 1 is 1.32 bits per heavy atom. The molecule has 1 aromatic carbocycles. The van der Waals surface area contributed by atoms with E-state index in [0.29, 0.717) is 17.5 Å². The number of rotatable bonds is 5. The number of aromatic nitrogens is 1.